The molecule has 0 atom stereocenters. The van der Waals surface area contributed by atoms with Crippen molar-refractivity contribution < 1.29 is 9.42 Å². The van der Waals surface area contributed by atoms with Gasteiger partial charge in [-0.3, -0.25) is 14.7 Å². The topological polar surface area (TPSA) is 84.2 Å². The molecular weight excluding hydrogens is 366 g/mol. The fourth-order valence-electron chi connectivity index (χ4n) is 3.77. The molecule has 0 bridgehead atoms. The molecule has 0 unspecified atom stereocenters. The van der Waals surface area contributed by atoms with Crippen molar-refractivity contribution in [2.75, 3.05) is 11.9 Å². The molecule has 0 fully saturated rings. The highest BCUT2D eigenvalue weighted by molar-refractivity contribution is 6.04. The molecule has 0 saturated carbocycles. The molecule has 3 heterocycles. The summed E-state index contributed by atoms with van der Waals surface area (Å²) in [6, 6.07) is 15.5. The maximum absolute atomic E-state index is 12.4. The first-order valence-electron chi connectivity index (χ1n) is 9.52. The number of carbonyl (C=O) groups excluding carboxylic acids is 1. The first-order chi connectivity index (χ1) is 14.3. The van der Waals surface area contributed by atoms with Crippen LogP contribution in [0.1, 0.15) is 27.0 Å². The summed E-state index contributed by atoms with van der Waals surface area (Å²) in [5.74, 6) is -0.134. The van der Waals surface area contributed by atoms with Gasteiger partial charge in [0.15, 0.2) is 0 Å². The molecule has 1 amide bonds. The molecule has 0 spiro atoms. The van der Waals surface area contributed by atoms with E-state index in [1.165, 1.54) is 11.1 Å². The summed E-state index contributed by atoms with van der Waals surface area (Å²) in [6.45, 7) is 2.56. The zero-order valence-corrected chi connectivity index (χ0v) is 15.7. The van der Waals surface area contributed by atoms with Crippen LogP contribution in [0.3, 0.4) is 0 Å². The lowest BCUT2D eigenvalue weighted by atomic mass is 9.98. The van der Waals surface area contributed by atoms with Gasteiger partial charge in [-0.1, -0.05) is 18.2 Å². The van der Waals surface area contributed by atoms with E-state index in [0.29, 0.717) is 5.56 Å². The van der Waals surface area contributed by atoms with Crippen LogP contribution >= 0.6 is 0 Å². The van der Waals surface area contributed by atoms with Crippen molar-refractivity contribution >= 4 is 22.6 Å². The Bertz CT molecular complexity index is 1170. The molecule has 2 aromatic carbocycles. The Morgan fingerprint density at radius 1 is 1.07 bits per heavy atom. The second kappa shape index (κ2) is 7.44. The summed E-state index contributed by atoms with van der Waals surface area (Å²) in [6.07, 6.45) is 4.20. The van der Waals surface area contributed by atoms with E-state index in [0.717, 1.165) is 48.3 Å². The largest absolute Gasteiger partial charge is 0.322 e. The predicted octanol–water partition coefficient (Wildman–Crippen LogP) is 3.43. The average Bonchev–Trinajstić information content (AvgIpc) is 3.24. The molecule has 7 heteroatoms. The van der Waals surface area contributed by atoms with Gasteiger partial charge in [0.05, 0.1) is 0 Å². The van der Waals surface area contributed by atoms with Crippen molar-refractivity contribution in [1.82, 2.24) is 20.2 Å². The van der Waals surface area contributed by atoms with Crippen molar-refractivity contribution in [3.63, 3.8) is 0 Å². The fraction of sp³-hybridized carbons (Fsp3) is 0.182. The third kappa shape index (κ3) is 3.60. The van der Waals surface area contributed by atoms with E-state index in [1.807, 2.05) is 18.2 Å². The number of carbonyl (C=O) groups is 1. The van der Waals surface area contributed by atoms with Gasteiger partial charge in [0.1, 0.15) is 11.0 Å². The molecule has 2 aromatic heterocycles. The second-order valence-electron chi connectivity index (χ2n) is 7.18. The number of nitrogens with one attached hydrogen (secondary N) is 1. The van der Waals surface area contributed by atoms with Gasteiger partial charge in [-0.15, -0.1) is 0 Å². The summed E-state index contributed by atoms with van der Waals surface area (Å²) in [7, 11) is 0. The van der Waals surface area contributed by atoms with Gasteiger partial charge in [0.2, 0.25) is 0 Å². The third-order valence-corrected chi connectivity index (χ3v) is 5.26. The van der Waals surface area contributed by atoms with Crippen LogP contribution in [0.25, 0.3) is 11.0 Å². The number of benzene rings is 2. The fourth-order valence-corrected chi connectivity index (χ4v) is 3.77. The molecule has 29 heavy (non-hydrogen) atoms. The lowest BCUT2D eigenvalue weighted by Crippen LogP contribution is -2.30. The van der Waals surface area contributed by atoms with E-state index in [1.54, 1.807) is 24.5 Å². The highest BCUT2D eigenvalue weighted by Crippen LogP contribution is 2.25. The SMILES string of the molecule is O=C(Nc1ccc2c(c1)CN(Cc1cccc3nonc13)CC2)c1ccncc1. The smallest absolute Gasteiger partial charge is 0.255 e. The van der Waals surface area contributed by atoms with Crippen LogP contribution in [-0.4, -0.2) is 32.6 Å². The van der Waals surface area contributed by atoms with Gasteiger partial charge < -0.3 is 5.32 Å². The first-order valence-corrected chi connectivity index (χ1v) is 9.52. The summed E-state index contributed by atoms with van der Waals surface area (Å²) < 4.78 is 4.88. The van der Waals surface area contributed by atoms with Gasteiger partial charge in [0, 0.05) is 43.3 Å². The van der Waals surface area contributed by atoms with Crippen LogP contribution in [0.4, 0.5) is 5.69 Å². The summed E-state index contributed by atoms with van der Waals surface area (Å²) >= 11 is 0. The van der Waals surface area contributed by atoms with Crippen molar-refractivity contribution in [2.24, 2.45) is 0 Å². The molecule has 7 nitrogen and oxygen atoms in total. The minimum absolute atomic E-state index is 0.134. The van der Waals surface area contributed by atoms with Crippen molar-refractivity contribution in [2.45, 2.75) is 19.5 Å². The Hall–Kier alpha value is -3.58. The first kappa shape index (κ1) is 17.5. The van der Waals surface area contributed by atoms with Crippen molar-refractivity contribution in [1.29, 1.82) is 0 Å². The Balaban J connectivity index is 1.32. The van der Waals surface area contributed by atoms with Gasteiger partial charge in [-0.05, 0) is 63.8 Å². The lowest BCUT2D eigenvalue weighted by molar-refractivity contribution is 0.102. The number of hydrogen-bond acceptors (Lipinski definition) is 6. The van der Waals surface area contributed by atoms with E-state index < -0.39 is 0 Å². The molecule has 1 N–H and O–H groups in total. The van der Waals surface area contributed by atoms with Crippen molar-refractivity contribution in [3.05, 3.63) is 83.2 Å². The van der Waals surface area contributed by atoms with Crippen LogP contribution in [0, 0.1) is 0 Å². The number of hydrogen-bond donors (Lipinski definition) is 1. The lowest BCUT2D eigenvalue weighted by Gasteiger charge is -2.29. The highest BCUT2D eigenvalue weighted by Gasteiger charge is 2.19. The number of rotatable bonds is 4. The maximum Gasteiger partial charge on any atom is 0.255 e. The Labute approximate surface area is 167 Å². The number of amides is 1. The molecule has 0 saturated heterocycles. The average molecular weight is 385 g/mol. The molecule has 0 aliphatic carbocycles. The summed E-state index contributed by atoms with van der Waals surface area (Å²) in [5, 5.41) is 10.9. The van der Waals surface area contributed by atoms with E-state index in [9.17, 15) is 4.79 Å². The monoisotopic (exact) mass is 385 g/mol. The number of aromatic nitrogens is 3. The van der Waals surface area contributed by atoms with Gasteiger partial charge in [-0.25, -0.2) is 4.63 Å². The summed E-state index contributed by atoms with van der Waals surface area (Å²) in [5.41, 5.74) is 6.65. The molecule has 4 aromatic rings. The third-order valence-electron chi connectivity index (χ3n) is 5.26. The van der Waals surface area contributed by atoms with Crippen LogP contribution in [0.15, 0.2) is 65.6 Å². The molecule has 1 aliphatic rings. The van der Waals surface area contributed by atoms with E-state index in [2.05, 4.69) is 43.7 Å². The number of fused-ring (bicyclic) bond motifs is 2. The zero-order valence-electron chi connectivity index (χ0n) is 15.7. The molecule has 5 rings (SSSR count). The summed E-state index contributed by atoms with van der Waals surface area (Å²) in [4.78, 5) is 18.7. The molecular formula is C22H19N5O2. The van der Waals surface area contributed by atoms with Crippen molar-refractivity contribution in [3.8, 4) is 0 Å². The van der Waals surface area contributed by atoms with Gasteiger partial charge in [0.25, 0.3) is 5.91 Å². The molecule has 1 aliphatic heterocycles. The molecule has 144 valence electrons. The highest BCUT2D eigenvalue weighted by atomic mass is 16.6. The Morgan fingerprint density at radius 3 is 2.86 bits per heavy atom. The molecule has 0 radical (unpaired) electrons. The van der Waals surface area contributed by atoms with E-state index in [4.69, 9.17) is 4.63 Å². The van der Waals surface area contributed by atoms with Crippen LogP contribution in [0.5, 0.6) is 0 Å². The van der Waals surface area contributed by atoms with Gasteiger partial charge >= 0.3 is 0 Å². The number of anilines is 1. The van der Waals surface area contributed by atoms with Crippen LogP contribution in [0.2, 0.25) is 0 Å². The minimum Gasteiger partial charge on any atom is -0.322 e. The van der Waals surface area contributed by atoms with Gasteiger partial charge in [-0.2, -0.15) is 0 Å². The second-order valence-corrected chi connectivity index (χ2v) is 7.18. The number of pyridine rings is 1. The maximum atomic E-state index is 12.4. The Kier molecular flexibility index (Phi) is 4.50. The zero-order chi connectivity index (χ0) is 19.6. The Morgan fingerprint density at radius 2 is 1.97 bits per heavy atom. The predicted molar refractivity (Wildman–Crippen MR) is 108 cm³/mol. The number of nitrogens with zero attached hydrogens (tertiary/aromatic N) is 4. The van der Waals surface area contributed by atoms with Crippen LogP contribution < -0.4 is 5.32 Å². The normalized spacial score (nSPS) is 13.9. The minimum atomic E-state index is -0.134. The van der Waals surface area contributed by atoms with E-state index in [-0.39, 0.29) is 5.91 Å². The van der Waals surface area contributed by atoms with E-state index >= 15 is 0 Å². The standard InChI is InChI=1S/C22H19N5O2/c28-22(16-6-9-23-10-7-16)24-19-5-4-15-8-11-27(14-18(15)12-19)13-17-2-1-3-20-21(17)26-29-25-20/h1-7,9-10,12H,8,11,13-14H2,(H,24,28). The van der Waals surface area contributed by atoms with Crippen LogP contribution in [-0.2, 0) is 19.5 Å². The quantitative estimate of drug-likeness (QED) is 0.579.